The normalized spacial score (nSPS) is 16.7. The zero-order chi connectivity index (χ0) is 36.1. The zero-order valence-corrected chi connectivity index (χ0v) is 33.0. The smallest absolute Gasteiger partial charge is 0.245 e. The minimum Gasteiger partial charge on any atom is -0.487 e. The van der Waals surface area contributed by atoms with Crippen molar-refractivity contribution in [2.75, 3.05) is 26.2 Å². The predicted molar refractivity (Wildman–Crippen MR) is 213 cm³/mol. The van der Waals surface area contributed by atoms with Crippen molar-refractivity contribution in [2.45, 2.75) is 56.6 Å². The number of hydrazone groups is 1. The number of sulfonamides is 1. The van der Waals surface area contributed by atoms with Crippen molar-refractivity contribution < 1.29 is 22.7 Å². The highest BCUT2D eigenvalue weighted by molar-refractivity contribution is 7.89. The van der Waals surface area contributed by atoms with Gasteiger partial charge in [-0.2, -0.15) is 9.41 Å². The number of pyridine rings is 1. The lowest BCUT2D eigenvalue weighted by atomic mass is 9.96. The molecule has 0 radical (unpaired) electrons. The number of nitrogens with two attached hydrogens (primary N) is 1. The Bertz CT molecular complexity index is 2060. The first kappa shape index (κ1) is 42.1. The summed E-state index contributed by atoms with van der Waals surface area (Å²) in [6.45, 7) is 3.60. The van der Waals surface area contributed by atoms with Crippen LogP contribution in [-0.4, -0.2) is 72.9 Å². The number of benzene rings is 3. The van der Waals surface area contributed by atoms with Crippen LogP contribution in [-0.2, 0) is 32.6 Å². The van der Waals surface area contributed by atoms with Crippen molar-refractivity contribution in [3.8, 4) is 5.75 Å². The van der Waals surface area contributed by atoms with Crippen LogP contribution in [0.25, 0.3) is 10.9 Å². The third-order valence-corrected chi connectivity index (χ3v) is 12.4. The minimum atomic E-state index is -4.16. The number of hydrogen-bond donors (Lipinski definition) is 2. The number of para-hydroxylation sites is 1. The summed E-state index contributed by atoms with van der Waals surface area (Å²) in [6, 6.07) is 19.0. The molecule has 0 bridgehead atoms. The quantitative estimate of drug-likeness (QED) is 0.102. The fourth-order valence-electron chi connectivity index (χ4n) is 6.65. The topological polar surface area (TPSA) is 147 Å². The second-order valence-corrected chi connectivity index (χ2v) is 15.6. The molecule has 0 spiro atoms. The molecule has 16 heteroatoms. The largest absolute Gasteiger partial charge is 0.487 e. The Morgan fingerprint density at radius 1 is 1.00 bits per heavy atom. The molecule has 11 nitrogen and oxygen atoms in total. The van der Waals surface area contributed by atoms with E-state index in [4.69, 9.17) is 33.8 Å². The van der Waals surface area contributed by atoms with Gasteiger partial charge in [0.25, 0.3) is 0 Å². The number of hydrogen-bond acceptors (Lipinski definition) is 8. The Hall–Kier alpha value is -3.65. The molecule has 2 aliphatic heterocycles. The number of carbonyl (C=O) groups excluding carboxylic acids is 2. The molecule has 2 amide bonds. The number of nitrogens with one attached hydrogen (secondary N) is 1. The van der Waals surface area contributed by atoms with Gasteiger partial charge in [0.05, 0.1) is 17.7 Å². The summed E-state index contributed by atoms with van der Waals surface area (Å²) < 4.78 is 35.4. The molecule has 53 heavy (non-hydrogen) atoms. The number of nitrogens with zero attached hydrogens (tertiary/aromatic N) is 4. The highest BCUT2D eigenvalue weighted by Gasteiger charge is 2.41. The highest BCUT2D eigenvalue weighted by Crippen LogP contribution is 2.36. The van der Waals surface area contributed by atoms with E-state index in [2.05, 4.69) is 15.4 Å². The van der Waals surface area contributed by atoms with E-state index < -0.39 is 16.1 Å². The fourth-order valence-corrected chi connectivity index (χ4v) is 9.17. The van der Waals surface area contributed by atoms with E-state index in [-0.39, 0.29) is 70.6 Å². The maximum absolute atomic E-state index is 14.0. The monoisotopic (exact) mass is 822 g/mol. The molecule has 2 fully saturated rings. The van der Waals surface area contributed by atoms with E-state index in [0.29, 0.717) is 55.7 Å². The average Bonchev–Trinajstić information content (AvgIpc) is 3.63. The third kappa shape index (κ3) is 9.72. The maximum Gasteiger partial charge on any atom is 0.245 e. The number of aryl methyl sites for hydroxylation is 1. The third-order valence-electron chi connectivity index (χ3n) is 9.53. The molecule has 2 aliphatic rings. The first-order chi connectivity index (χ1) is 24.5. The van der Waals surface area contributed by atoms with E-state index in [1.54, 1.807) is 12.3 Å². The molecule has 1 atom stereocenters. The van der Waals surface area contributed by atoms with Gasteiger partial charge in [-0.25, -0.2) is 13.4 Å². The first-order valence-electron chi connectivity index (χ1n) is 16.9. The summed E-state index contributed by atoms with van der Waals surface area (Å²) in [7, 11) is -4.16. The molecule has 4 aromatic rings. The van der Waals surface area contributed by atoms with Crippen molar-refractivity contribution in [2.24, 2.45) is 16.9 Å². The van der Waals surface area contributed by atoms with Gasteiger partial charge in [-0.15, -0.1) is 24.8 Å². The van der Waals surface area contributed by atoms with Crippen molar-refractivity contribution >= 4 is 87.0 Å². The van der Waals surface area contributed by atoms with Crippen molar-refractivity contribution in [1.82, 2.24) is 19.5 Å². The number of amides is 2. The molecule has 3 heterocycles. The lowest BCUT2D eigenvalue weighted by molar-refractivity contribution is -0.132. The lowest BCUT2D eigenvalue weighted by Crippen LogP contribution is -2.48. The average molecular weight is 825 g/mol. The van der Waals surface area contributed by atoms with Gasteiger partial charge in [0, 0.05) is 47.8 Å². The summed E-state index contributed by atoms with van der Waals surface area (Å²) in [5.74, 6) is 5.61. The van der Waals surface area contributed by atoms with Crippen LogP contribution in [0.5, 0.6) is 5.75 Å². The maximum atomic E-state index is 14.0. The van der Waals surface area contributed by atoms with Gasteiger partial charge >= 0.3 is 0 Å². The van der Waals surface area contributed by atoms with E-state index in [0.717, 1.165) is 35.0 Å². The van der Waals surface area contributed by atoms with Crippen LogP contribution in [0.3, 0.4) is 0 Å². The molecule has 6 rings (SSSR count). The van der Waals surface area contributed by atoms with Crippen molar-refractivity contribution in [3.05, 3.63) is 99.2 Å². The molecule has 0 unspecified atom stereocenters. The summed E-state index contributed by atoms with van der Waals surface area (Å²) in [5, 5.41) is 7.63. The van der Waals surface area contributed by atoms with E-state index >= 15 is 0 Å². The van der Waals surface area contributed by atoms with Gasteiger partial charge in [-0.1, -0.05) is 65.7 Å². The van der Waals surface area contributed by atoms with Gasteiger partial charge < -0.3 is 20.8 Å². The summed E-state index contributed by atoms with van der Waals surface area (Å²) in [5.41, 5.74) is 3.61. The SMILES string of the molecule is Cc1ccc2cccc(OCc3c(Cl)ccc(S(=O)(=O)N4CCC[C@H]4C(=O)NCC4CCN(C(=O)Cc5ccc(C=NN)cc5)CC4)c3Cl)c2n1.Cl.Cl. The molecular weight excluding hydrogens is 782 g/mol. The van der Waals surface area contributed by atoms with Crippen LogP contribution in [0.15, 0.2) is 76.7 Å². The molecule has 0 aliphatic carbocycles. The summed E-state index contributed by atoms with van der Waals surface area (Å²) >= 11 is 13.3. The predicted octanol–water partition coefficient (Wildman–Crippen LogP) is 6.32. The van der Waals surface area contributed by atoms with Gasteiger partial charge in [0.15, 0.2) is 0 Å². The minimum absolute atomic E-state index is 0. The van der Waals surface area contributed by atoms with Crippen LogP contribution < -0.4 is 15.9 Å². The van der Waals surface area contributed by atoms with Gasteiger partial charge in [0.2, 0.25) is 21.8 Å². The molecule has 3 N–H and O–H groups in total. The molecular formula is C37H42Cl4N6O5S. The second kappa shape index (κ2) is 18.6. The van der Waals surface area contributed by atoms with Crippen molar-refractivity contribution in [1.29, 1.82) is 0 Å². The van der Waals surface area contributed by atoms with E-state index in [9.17, 15) is 18.0 Å². The number of fused-ring (bicyclic) bond motifs is 1. The van der Waals surface area contributed by atoms with E-state index in [1.807, 2.05) is 60.4 Å². The molecule has 3 aromatic carbocycles. The number of rotatable bonds is 11. The Balaban J connectivity index is 0.00000314. The second-order valence-electron chi connectivity index (χ2n) is 12.9. The standard InChI is InChI=1S/C37H40Cl2N6O5S.2ClH/c1-24-7-12-28-4-2-6-32(36(28)43-24)50-23-29-30(38)13-14-33(35(29)39)51(48,49)45-17-3-5-31(45)37(47)41-21-27-15-18-44(19-16-27)34(46)20-25-8-10-26(11-9-25)22-42-40;;/h2,4,6-14,22,27,31H,3,5,15-21,23,40H2,1H3,(H,41,47);2*1H/t31-;;/m0../s1. The number of ether oxygens (including phenoxy) is 1. The van der Waals surface area contributed by atoms with Crippen LogP contribution in [0.4, 0.5) is 0 Å². The number of aromatic nitrogens is 1. The molecule has 2 saturated heterocycles. The fraction of sp³-hybridized carbons (Fsp3) is 0.351. The van der Waals surface area contributed by atoms with Gasteiger partial charge in [-0.3, -0.25) is 9.59 Å². The van der Waals surface area contributed by atoms with Crippen LogP contribution in [0.1, 0.15) is 48.1 Å². The lowest BCUT2D eigenvalue weighted by Gasteiger charge is -2.32. The van der Waals surface area contributed by atoms with Gasteiger partial charge in [0.1, 0.15) is 28.8 Å². The summed E-state index contributed by atoms with van der Waals surface area (Å²) in [6.07, 6.45) is 4.27. The Morgan fingerprint density at radius 3 is 2.45 bits per heavy atom. The number of carbonyl (C=O) groups is 2. The Kier molecular flexibility index (Phi) is 14.8. The molecule has 0 saturated carbocycles. The van der Waals surface area contributed by atoms with Crippen molar-refractivity contribution in [3.63, 3.8) is 0 Å². The van der Waals surface area contributed by atoms with Gasteiger partial charge in [-0.05, 0) is 73.9 Å². The van der Waals surface area contributed by atoms with E-state index in [1.165, 1.54) is 16.4 Å². The highest BCUT2D eigenvalue weighted by atomic mass is 35.5. The zero-order valence-electron chi connectivity index (χ0n) is 29.0. The van der Waals surface area contributed by atoms with Crippen LogP contribution >= 0.6 is 48.0 Å². The van der Waals surface area contributed by atoms with Crippen LogP contribution in [0.2, 0.25) is 10.0 Å². The number of halogens is 4. The first-order valence-corrected chi connectivity index (χ1v) is 19.1. The molecule has 284 valence electrons. The number of piperidine rings is 1. The van der Waals surface area contributed by atoms with Crippen LogP contribution in [0, 0.1) is 12.8 Å². The Morgan fingerprint density at radius 2 is 1.74 bits per heavy atom. The Labute approximate surface area is 332 Å². The summed E-state index contributed by atoms with van der Waals surface area (Å²) in [4.78, 5) is 32.7. The number of likely N-dealkylation sites (tertiary alicyclic amines) is 1. The molecule has 1 aromatic heterocycles.